The van der Waals surface area contributed by atoms with Crippen molar-refractivity contribution in [2.24, 2.45) is 0 Å². The molecule has 0 bridgehead atoms. The van der Waals surface area contributed by atoms with E-state index in [-0.39, 0.29) is 22.7 Å². The van der Waals surface area contributed by atoms with E-state index in [2.05, 4.69) is 15.4 Å². The van der Waals surface area contributed by atoms with E-state index in [0.29, 0.717) is 23.7 Å². The Morgan fingerprint density at radius 2 is 1.83 bits per heavy atom. The highest BCUT2D eigenvalue weighted by Crippen LogP contribution is 2.24. The number of piperidine rings is 1. The van der Waals surface area contributed by atoms with Gasteiger partial charge in [0.15, 0.2) is 0 Å². The van der Waals surface area contributed by atoms with E-state index in [0.717, 1.165) is 29.5 Å². The van der Waals surface area contributed by atoms with Gasteiger partial charge in [0.1, 0.15) is 0 Å². The molecule has 1 saturated heterocycles. The van der Waals surface area contributed by atoms with Crippen LogP contribution in [0.1, 0.15) is 34.5 Å². The van der Waals surface area contributed by atoms with Gasteiger partial charge >= 0.3 is 0 Å². The van der Waals surface area contributed by atoms with Crippen LogP contribution in [0.15, 0.2) is 40.6 Å². The van der Waals surface area contributed by atoms with Gasteiger partial charge in [0.25, 0.3) is 5.91 Å². The number of aryl methyl sites for hydroxylation is 1. The third-order valence-corrected chi connectivity index (χ3v) is 7.86. The molecule has 1 aromatic carbocycles. The Kier molecular flexibility index (Phi) is 5.58. The number of nitrogens with zero attached hydrogens (tertiary/aromatic N) is 4. The number of anilines is 3. The lowest BCUT2D eigenvalue weighted by Crippen LogP contribution is -2.35. The minimum Gasteiger partial charge on any atom is -0.368 e. The summed E-state index contributed by atoms with van der Waals surface area (Å²) in [7, 11) is -3.49. The fraction of sp³-hybridized carbons (Fsp3) is 0.316. The van der Waals surface area contributed by atoms with Crippen molar-refractivity contribution in [3.63, 3.8) is 0 Å². The second-order valence-corrected chi connectivity index (χ2v) is 9.91. The van der Waals surface area contributed by atoms with Crippen LogP contribution >= 0.6 is 11.3 Å². The van der Waals surface area contributed by atoms with Crippen LogP contribution in [-0.2, 0) is 10.0 Å². The van der Waals surface area contributed by atoms with Crippen molar-refractivity contribution in [2.45, 2.75) is 31.1 Å². The van der Waals surface area contributed by atoms with Crippen LogP contribution in [0, 0.1) is 6.92 Å². The Labute approximate surface area is 178 Å². The van der Waals surface area contributed by atoms with Crippen LogP contribution in [0.3, 0.4) is 0 Å². The monoisotopic (exact) mass is 446 g/mol. The predicted octanol–water partition coefficient (Wildman–Crippen LogP) is 2.84. The van der Waals surface area contributed by atoms with Crippen LogP contribution < -0.4 is 11.1 Å². The molecular weight excluding hydrogens is 424 g/mol. The van der Waals surface area contributed by atoms with Crippen LogP contribution in [0.25, 0.3) is 0 Å². The first-order valence-electron chi connectivity index (χ1n) is 9.55. The number of thiophene rings is 1. The molecule has 2 aromatic heterocycles. The summed E-state index contributed by atoms with van der Waals surface area (Å²) in [5.41, 5.74) is 7.30. The first-order valence-corrected chi connectivity index (χ1v) is 11.9. The van der Waals surface area contributed by atoms with Crippen LogP contribution in [-0.4, -0.2) is 46.5 Å². The topological polar surface area (TPSA) is 123 Å². The van der Waals surface area contributed by atoms with Gasteiger partial charge in [-0.3, -0.25) is 4.79 Å². The van der Waals surface area contributed by atoms with E-state index in [9.17, 15) is 13.2 Å². The number of nitrogens with two attached hydrogens (primary N) is 1. The minimum absolute atomic E-state index is 0.0282. The molecule has 30 heavy (non-hydrogen) atoms. The zero-order valence-electron chi connectivity index (χ0n) is 16.4. The quantitative estimate of drug-likeness (QED) is 0.618. The molecule has 0 saturated carbocycles. The zero-order chi connectivity index (χ0) is 21.3. The fourth-order valence-electron chi connectivity index (χ4n) is 3.31. The molecule has 3 N–H and O–H groups in total. The van der Waals surface area contributed by atoms with Crippen molar-refractivity contribution in [3.8, 4) is 0 Å². The van der Waals surface area contributed by atoms with Crippen molar-refractivity contribution in [3.05, 3.63) is 46.2 Å². The standard InChI is InChI=1S/C19H22N6O3S2/c1-13-9-12-29-16(13)17(26)25-18(20)22-19(23-25)21-14-5-7-15(8-6-14)30(27,28)24-10-3-2-4-11-24/h5-9,12H,2-4,10-11H2,1H3,(H3,20,21,22,23). The molecule has 1 aliphatic rings. The van der Waals surface area contributed by atoms with Crippen LogP contribution in [0.5, 0.6) is 0 Å². The third kappa shape index (κ3) is 3.95. The zero-order valence-corrected chi connectivity index (χ0v) is 18.0. The summed E-state index contributed by atoms with van der Waals surface area (Å²) in [5, 5.41) is 8.93. The molecule has 11 heteroatoms. The number of hydrogen-bond donors (Lipinski definition) is 2. The summed E-state index contributed by atoms with van der Waals surface area (Å²) in [6.07, 6.45) is 2.84. The number of aromatic nitrogens is 3. The van der Waals surface area contributed by atoms with Gasteiger partial charge in [-0.15, -0.1) is 16.4 Å². The summed E-state index contributed by atoms with van der Waals surface area (Å²) in [5.74, 6) is -0.218. The molecule has 1 aliphatic heterocycles. The van der Waals surface area contributed by atoms with E-state index in [1.165, 1.54) is 15.6 Å². The van der Waals surface area contributed by atoms with E-state index in [1.807, 2.05) is 18.4 Å². The summed E-state index contributed by atoms with van der Waals surface area (Å²) < 4.78 is 28.1. The summed E-state index contributed by atoms with van der Waals surface area (Å²) in [6, 6.07) is 8.22. The van der Waals surface area contributed by atoms with Crippen LogP contribution in [0.4, 0.5) is 17.6 Å². The molecule has 158 valence electrons. The summed E-state index contributed by atoms with van der Waals surface area (Å²) >= 11 is 1.31. The molecule has 0 atom stereocenters. The lowest BCUT2D eigenvalue weighted by atomic mass is 10.2. The molecular formula is C19H22N6O3S2. The van der Waals surface area contributed by atoms with Crippen molar-refractivity contribution in [1.82, 2.24) is 19.1 Å². The highest BCUT2D eigenvalue weighted by molar-refractivity contribution is 7.89. The number of sulfonamides is 1. The van der Waals surface area contributed by atoms with E-state index < -0.39 is 10.0 Å². The number of carbonyl (C=O) groups excluding carboxylic acids is 1. The molecule has 3 heterocycles. The highest BCUT2D eigenvalue weighted by Gasteiger charge is 2.25. The number of nitrogens with one attached hydrogen (secondary N) is 1. The van der Waals surface area contributed by atoms with E-state index in [4.69, 9.17) is 5.73 Å². The Morgan fingerprint density at radius 1 is 1.13 bits per heavy atom. The molecule has 1 fully saturated rings. The van der Waals surface area contributed by atoms with Gasteiger partial charge in [-0.2, -0.15) is 14.0 Å². The second kappa shape index (κ2) is 8.17. The Bertz CT molecular complexity index is 1160. The number of hydrogen-bond acceptors (Lipinski definition) is 8. The highest BCUT2D eigenvalue weighted by atomic mass is 32.2. The van der Waals surface area contributed by atoms with Crippen LogP contribution in [0.2, 0.25) is 0 Å². The first kappa shape index (κ1) is 20.5. The molecule has 0 unspecified atom stereocenters. The Morgan fingerprint density at radius 3 is 2.47 bits per heavy atom. The SMILES string of the molecule is Cc1ccsc1C(=O)n1nc(Nc2ccc(S(=O)(=O)N3CCCCC3)cc2)nc1N. The van der Waals surface area contributed by atoms with Crippen molar-refractivity contribution < 1.29 is 13.2 Å². The summed E-state index contributed by atoms with van der Waals surface area (Å²) in [4.78, 5) is 17.5. The van der Waals surface area contributed by atoms with Gasteiger partial charge in [0, 0.05) is 18.8 Å². The minimum atomic E-state index is -3.49. The number of rotatable bonds is 5. The van der Waals surface area contributed by atoms with Gasteiger partial charge < -0.3 is 11.1 Å². The van der Waals surface area contributed by atoms with Gasteiger partial charge in [-0.1, -0.05) is 6.42 Å². The molecule has 4 rings (SSSR count). The Hall–Kier alpha value is -2.76. The first-order chi connectivity index (χ1) is 14.4. The maximum absolute atomic E-state index is 12.7. The third-order valence-electron chi connectivity index (χ3n) is 4.94. The van der Waals surface area contributed by atoms with E-state index in [1.54, 1.807) is 24.3 Å². The predicted molar refractivity (Wildman–Crippen MR) is 116 cm³/mol. The largest absolute Gasteiger partial charge is 0.368 e. The maximum Gasteiger partial charge on any atom is 0.291 e. The normalized spacial score (nSPS) is 15.2. The van der Waals surface area contributed by atoms with Gasteiger partial charge in [-0.25, -0.2) is 8.42 Å². The molecule has 0 aliphatic carbocycles. The molecule has 0 radical (unpaired) electrons. The molecule has 0 spiro atoms. The van der Waals surface area contributed by atoms with Crippen molar-refractivity contribution >= 4 is 44.9 Å². The molecule has 3 aromatic rings. The van der Waals surface area contributed by atoms with Crippen molar-refractivity contribution in [1.29, 1.82) is 0 Å². The number of benzene rings is 1. The fourth-order valence-corrected chi connectivity index (χ4v) is 5.67. The van der Waals surface area contributed by atoms with Gasteiger partial charge in [-0.05, 0) is 61.0 Å². The number of carbonyl (C=O) groups is 1. The maximum atomic E-state index is 12.7. The van der Waals surface area contributed by atoms with E-state index >= 15 is 0 Å². The number of nitrogen functional groups attached to an aromatic ring is 1. The lowest BCUT2D eigenvalue weighted by Gasteiger charge is -2.25. The second-order valence-electron chi connectivity index (χ2n) is 7.06. The van der Waals surface area contributed by atoms with Gasteiger partial charge in [0.2, 0.25) is 21.9 Å². The lowest BCUT2D eigenvalue weighted by molar-refractivity contribution is 0.0951. The molecule has 9 nitrogen and oxygen atoms in total. The van der Waals surface area contributed by atoms with Crippen molar-refractivity contribution in [2.75, 3.05) is 24.1 Å². The smallest absolute Gasteiger partial charge is 0.291 e. The van der Waals surface area contributed by atoms with Gasteiger partial charge in [0.05, 0.1) is 9.77 Å². The average Bonchev–Trinajstić information content (AvgIpc) is 3.34. The summed E-state index contributed by atoms with van der Waals surface area (Å²) in [6.45, 7) is 2.96. The Balaban J connectivity index is 1.50. The average molecular weight is 447 g/mol. The molecule has 0 amide bonds.